The highest BCUT2D eigenvalue weighted by Gasteiger charge is 2.18. The van der Waals surface area contributed by atoms with Gasteiger partial charge in [-0.2, -0.15) is 5.10 Å². The van der Waals surface area contributed by atoms with Crippen molar-refractivity contribution in [1.82, 2.24) is 25.0 Å². The van der Waals surface area contributed by atoms with Crippen LogP contribution in [-0.4, -0.2) is 32.2 Å². The third-order valence-electron chi connectivity index (χ3n) is 5.62. The Morgan fingerprint density at radius 2 is 1.97 bits per heavy atom. The summed E-state index contributed by atoms with van der Waals surface area (Å²) < 4.78 is 3.04. The first-order valence-electron chi connectivity index (χ1n) is 10.1. The van der Waals surface area contributed by atoms with Gasteiger partial charge in [0.2, 0.25) is 5.91 Å². The van der Waals surface area contributed by atoms with Crippen LogP contribution in [0.25, 0.3) is 0 Å². The van der Waals surface area contributed by atoms with Gasteiger partial charge in [0.05, 0.1) is 17.8 Å². The van der Waals surface area contributed by atoms with E-state index in [0.29, 0.717) is 5.56 Å². The molecule has 0 radical (unpaired) electrons. The van der Waals surface area contributed by atoms with E-state index in [-0.39, 0.29) is 36.0 Å². The van der Waals surface area contributed by atoms with E-state index in [1.807, 2.05) is 20.9 Å². The molecule has 1 atom stereocenters. The maximum absolute atomic E-state index is 12.7. The van der Waals surface area contributed by atoms with Gasteiger partial charge < -0.3 is 15.2 Å². The van der Waals surface area contributed by atoms with Gasteiger partial charge in [-0.15, -0.1) is 0 Å². The fraction of sp³-hybridized carbons (Fsp3) is 0.524. The first-order valence-corrected chi connectivity index (χ1v) is 10.1. The van der Waals surface area contributed by atoms with Crippen LogP contribution in [0.1, 0.15) is 66.7 Å². The van der Waals surface area contributed by atoms with Crippen molar-refractivity contribution in [3.63, 3.8) is 0 Å². The monoisotopic (exact) mass is 399 g/mol. The largest absolute Gasteiger partial charge is 0.352 e. The molecule has 2 aromatic heterocycles. The predicted octanol–water partition coefficient (Wildman–Crippen LogP) is 1.83. The number of nitrogens with one attached hydrogen (secondary N) is 2. The molecule has 1 aliphatic rings. The van der Waals surface area contributed by atoms with Crippen molar-refractivity contribution in [1.29, 1.82) is 0 Å². The lowest BCUT2D eigenvalue weighted by atomic mass is 9.95. The maximum atomic E-state index is 12.7. The summed E-state index contributed by atoms with van der Waals surface area (Å²) in [6, 6.07) is 2.76. The molecule has 0 saturated heterocycles. The van der Waals surface area contributed by atoms with Crippen LogP contribution in [0.15, 0.2) is 29.3 Å². The molecule has 156 valence electrons. The molecule has 8 heteroatoms. The summed E-state index contributed by atoms with van der Waals surface area (Å²) in [5.74, 6) is -0.502. The zero-order valence-electron chi connectivity index (χ0n) is 17.3. The Labute approximate surface area is 170 Å². The number of aromatic nitrogens is 3. The molecule has 0 aliphatic heterocycles. The molecule has 2 N–H and O–H groups in total. The first-order chi connectivity index (χ1) is 13.8. The van der Waals surface area contributed by atoms with Gasteiger partial charge in [-0.3, -0.25) is 19.1 Å². The minimum atomic E-state index is -0.309. The highest BCUT2D eigenvalue weighted by Crippen LogP contribution is 2.18. The lowest BCUT2D eigenvalue weighted by molar-refractivity contribution is -0.122. The van der Waals surface area contributed by atoms with Crippen molar-refractivity contribution in [2.45, 2.75) is 64.6 Å². The number of pyridine rings is 1. The van der Waals surface area contributed by atoms with Crippen LogP contribution < -0.4 is 16.2 Å². The molecule has 2 aromatic rings. The third-order valence-corrected chi connectivity index (χ3v) is 5.62. The fourth-order valence-electron chi connectivity index (χ4n) is 3.76. The van der Waals surface area contributed by atoms with Crippen molar-refractivity contribution >= 4 is 11.8 Å². The molecule has 1 saturated carbocycles. The molecule has 0 unspecified atom stereocenters. The van der Waals surface area contributed by atoms with Gasteiger partial charge in [-0.25, -0.2) is 0 Å². The number of rotatable bonds is 6. The van der Waals surface area contributed by atoms with E-state index >= 15 is 0 Å². The van der Waals surface area contributed by atoms with E-state index in [1.54, 1.807) is 10.9 Å². The average Bonchev–Trinajstić information content (AvgIpc) is 3.03. The number of hydrogen-bond donors (Lipinski definition) is 2. The van der Waals surface area contributed by atoms with Gasteiger partial charge in [0, 0.05) is 36.6 Å². The molecular formula is C21H29N5O3. The lowest BCUT2D eigenvalue weighted by Gasteiger charge is -2.23. The second-order valence-electron chi connectivity index (χ2n) is 7.79. The van der Waals surface area contributed by atoms with E-state index < -0.39 is 0 Å². The zero-order valence-corrected chi connectivity index (χ0v) is 17.3. The molecule has 2 amide bonds. The van der Waals surface area contributed by atoms with Crippen LogP contribution in [0.5, 0.6) is 0 Å². The molecule has 1 aliphatic carbocycles. The average molecular weight is 399 g/mol. The maximum Gasteiger partial charge on any atom is 0.253 e. The van der Waals surface area contributed by atoms with Crippen LogP contribution in [0.2, 0.25) is 0 Å². The van der Waals surface area contributed by atoms with Crippen LogP contribution in [0.3, 0.4) is 0 Å². The number of carbonyl (C=O) groups excluding carboxylic acids is 2. The summed E-state index contributed by atoms with van der Waals surface area (Å²) >= 11 is 0. The van der Waals surface area contributed by atoms with E-state index in [2.05, 4.69) is 15.7 Å². The van der Waals surface area contributed by atoms with E-state index in [0.717, 1.165) is 36.9 Å². The first kappa shape index (κ1) is 20.8. The highest BCUT2D eigenvalue weighted by molar-refractivity contribution is 5.94. The van der Waals surface area contributed by atoms with Crippen molar-refractivity contribution in [2.24, 2.45) is 7.05 Å². The summed E-state index contributed by atoms with van der Waals surface area (Å²) in [7, 11) is 1.85. The quantitative estimate of drug-likeness (QED) is 0.774. The van der Waals surface area contributed by atoms with Crippen LogP contribution in [0, 0.1) is 6.92 Å². The van der Waals surface area contributed by atoms with Gasteiger partial charge in [-0.05, 0) is 32.8 Å². The van der Waals surface area contributed by atoms with Crippen molar-refractivity contribution in [2.75, 3.05) is 0 Å². The lowest BCUT2D eigenvalue weighted by Crippen LogP contribution is -2.40. The van der Waals surface area contributed by atoms with Crippen LogP contribution >= 0.6 is 0 Å². The van der Waals surface area contributed by atoms with Gasteiger partial charge in [0.15, 0.2) is 0 Å². The standard InChI is InChI=1S/C21H29N5O3/c1-14(18-11-22-25(3)15(18)2)23-21(29)16-9-10-20(28)26(12-16)13-19(27)24-17-7-5-4-6-8-17/h9-12,14,17H,4-8,13H2,1-3H3,(H,23,29)(H,24,27)/t14-/m0/s1. The molecule has 0 bridgehead atoms. The third kappa shape index (κ3) is 5.13. The minimum Gasteiger partial charge on any atom is -0.352 e. The predicted molar refractivity (Wildman–Crippen MR) is 110 cm³/mol. The fourth-order valence-corrected chi connectivity index (χ4v) is 3.76. The van der Waals surface area contributed by atoms with Crippen LogP contribution in [-0.2, 0) is 18.4 Å². The summed E-state index contributed by atoms with van der Waals surface area (Å²) in [5, 5.41) is 10.1. The zero-order chi connectivity index (χ0) is 21.0. The Kier molecular flexibility index (Phi) is 6.51. The van der Waals surface area contributed by atoms with Gasteiger partial charge in [0.25, 0.3) is 11.5 Å². The second kappa shape index (κ2) is 9.07. The topological polar surface area (TPSA) is 98.0 Å². The van der Waals surface area contributed by atoms with E-state index in [4.69, 9.17) is 0 Å². The van der Waals surface area contributed by atoms with Crippen LogP contribution in [0.4, 0.5) is 0 Å². The normalized spacial score (nSPS) is 15.7. The highest BCUT2D eigenvalue weighted by atomic mass is 16.2. The Balaban J connectivity index is 1.66. The number of amides is 2. The Morgan fingerprint density at radius 1 is 1.24 bits per heavy atom. The second-order valence-corrected chi connectivity index (χ2v) is 7.79. The Morgan fingerprint density at radius 3 is 2.62 bits per heavy atom. The summed E-state index contributed by atoms with van der Waals surface area (Å²) in [5.41, 5.74) is 1.93. The molecule has 8 nitrogen and oxygen atoms in total. The number of aryl methyl sites for hydroxylation is 1. The SMILES string of the molecule is Cc1c([C@H](C)NC(=O)c2ccc(=O)n(CC(=O)NC3CCCCC3)c2)cnn1C. The number of hydrogen-bond acceptors (Lipinski definition) is 4. The summed E-state index contributed by atoms with van der Waals surface area (Å²) in [4.78, 5) is 37.1. The van der Waals surface area contributed by atoms with Gasteiger partial charge in [0.1, 0.15) is 6.54 Å². The number of carbonyl (C=O) groups is 2. The Hall–Kier alpha value is -2.90. The van der Waals surface area contributed by atoms with Gasteiger partial charge >= 0.3 is 0 Å². The molecule has 1 fully saturated rings. The minimum absolute atomic E-state index is 0.0896. The van der Waals surface area contributed by atoms with E-state index in [9.17, 15) is 14.4 Å². The molecule has 29 heavy (non-hydrogen) atoms. The summed E-state index contributed by atoms with van der Waals surface area (Å²) in [6.45, 7) is 3.74. The van der Waals surface area contributed by atoms with E-state index in [1.165, 1.54) is 29.3 Å². The van der Waals surface area contributed by atoms with Crippen molar-refractivity contribution in [3.8, 4) is 0 Å². The molecule has 0 aromatic carbocycles. The van der Waals surface area contributed by atoms with Crippen molar-refractivity contribution in [3.05, 3.63) is 51.7 Å². The number of nitrogens with zero attached hydrogens (tertiary/aromatic N) is 3. The molecular weight excluding hydrogens is 370 g/mol. The molecule has 2 heterocycles. The molecule has 3 rings (SSSR count). The Bertz CT molecular complexity index is 940. The molecule has 0 spiro atoms. The smallest absolute Gasteiger partial charge is 0.253 e. The van der Waals surface area contributed by atoms with Crippen molar-refractivity contribution < 1.29 is 9.59 Å². The summed E-state index contributed by atoms with van der Waals surface area (Å²) in [6.07, 6.45) is 8.59. The van der Waals surface area contributed by atoms with Gasteiger partial charge in [-0.1, -0.05) is 19.3 Å².